The third-order valence-corrected chi connectivity index (χ3v) is 7.01. The fourth-order valence-electron chi connectivity index (χ4n) is 3.90. The summed E-state index contributed by atoms with van der Waals surface area (Å²) in [5, 5.41) is 3.40. The van der Waals surface area contributed by atoms with Gasteiger partial charge >= 0.3 is 0 Å². The van der Waals surface area contributed by atoms with Crippen LogP contribution in [0.3, 0.4) is 0 Å². The Balaban J connectivity index is 1.54. The zero-order chi connectivity index (χ0) is 26.2. The number of carbonyl (C=O) groups excluding carboxylic acids is 1. The summed E-state index contributed by atoms with van der Waals surface area (Å²) in [6.45, 7) is 1.17. The van der Waals surface area contributed by atoms with E-state index < -0.39 is 26.6 Å². The Kier molecular flexibility index (Phi) is 6.25. The molecule has 0 radical (unpaired) electrons. The molecule has 11 nitrogen and oxygen atoms in total. The molecule has 5 rings (SSSR count). The number of aromatic nitrogens is 4. The second-order valence-corrected chi connectivity index (χ2v) is 9.67. The first-order chi connectivity index (χ1) is 17.7. The molecular formula is C23H19F2N7O4S. The number of ether oxygens (including phenoxy) is 1. The molecular weight excluding hydrogens is 508 g/mol. The molecule has 0 unspecified atom stereocenters. The smallest absolute Gasteiger partial charge is 0.264 e. The summed E-state index contributed by atoms with van der Waals surface area (Å²) in [7, 11) is -3.15. The Hall–Kier alpha value is -4.46. The molecule has 1 saturated heterocycles. The van der Waals surface area contributed by atoms with Crippen LogP contribution in [0.5, 0.6) is 5.88 Å². The Morgan fingerprint density at radius 1 is 1.08 bits per heavy atom. The quantitative estimate of drug-likeness (QED) is 0.386. The van der Waals surface area contributed by atoms with Crippen molar-refractivity contribution < 1.29 is 26.7 Å². The van der Waals surface area contributed by atoms with Crippen molar-refractivity contribution in [1.82, 2.24) is 25.3 Å². The topological polar surface area (TPSA) is 139 Å². The van der Waals surface area contributed by atoms with E-state index in [1.54, 1.807) is 6.07 Å². The van der Waals surface area contributed by atoms with Crippen molar-refractivity contribution in [2.75, 3.05) is 36.4 Å². The molecule has 0 spiro atoms. The van der Waals surface area contributed by atoms with Gasteiger partial charge in [0.1, 0.15) is 34.4 Å². The number of benzene rings is 1. The Morgan fingerprint density at radius 3 is 2.68 bits per heavy atom. The van der Waals surface area contributed by atoms with E-state index in [0.717, 1.165) is 12.1 Å². The van der Waals surface area contributed by atoms with Crippen LogP contribution in [-0.2, 0) is 14.8 Å². The van der Waals surface area contributed by atoms with E-state index in [0.29, 0.717) is 47.1 Å². The highest BCUT2D eigenvalue weighted by atomic mass is 32.2. The molecule has 0 bridgehead atoms. The van der Waals surface area contributed by atoms with Crippen LogP contribution < -0.4 is 19.7 Å². The number of fused-ring (bicyclic) bond motifs is 1. The van der Waals surface area contributed by atoms with Gasteiger partial charge in [-0.3, -0.25) is 14.5 Å². The largest absolute Gasteiger partial charge is 0.480 e. The first-order valence-electron chi connectivity index (χ1n) is 10.9. The standard InChI is InChI=1S/C23H19F2N7O4S/c1-36-23-18(31-37(34,35)20-3-2-14(24)7-16(20)25)6-13(9-28-23)17-8-15-19(10-27-17)29-12-30-22(15)32-5-4-26-21(33)11-32/h2-3,6-10,12,31H,4-5,11H2,1H3,(H,26,33). The third-order valence-electron chi connectivity index (χ3n) is 5.61. The lowest BCUT2D eigenvalue weighted by Gasteiger charge is -2.28. The minimum atomic E-state index is -4.45. The summed E-state index contributed by atoms with van der Waals surface area (Å²) in [5.41, 5.74) is 1.29. The molecule has 14 heteroatoms. The van der Waals surface area contributed by atoms with Crippen LogP contribution in [-0.4, -0.2) is 61.0 Å². The zero-order valence-corrected chi connectivity index (χ0v) is 20.1. The van der Waals surface area contributed by atoms with Crippen LogP contribution in [0, 0.1) is 11.6 Å². The lowest BCUT2D eigenvalue weighted by atomic mass is 10.1. The van der Waals surface area contributed by atoms with Crippen molar-refractivity contribution in [2.45, 2.75) is 4.90 Å². The normalized spacial score (nSPS) is 13.9. The SMILES string of the molecule is COc1ncc(-c2cc3c(N4CCNC(=O)C4)ncnc3cn2)cc1NS(=O)(=O)c1ccc(F)cc1F. The highest BCUT2D eigenvalue weighted by molar-refractivity contribution is 7.92. The maximum absolute atomic E-state index is 14.2. The number of hydrogen-bond donors (Lipinski definition) is 2. The number of hydrogen-bond acceptors (Lipinski definition) is 9. The Morgan fingerprint density at radius 2 is 1.92 bits per heavy atom. The van der Waals surface area contributed by atoms with Gasteiger partial charge in [0.2, 0.25) is 11.8 Å². The molecule has 1 fully saturated rings. The van der Waals surface area contributed by atoms with Gasteiger partial charge in [0, 0.05) is 36.3 Å². The molecule has 37 heavy (non-hydrogen) atoms. The average Bonchev–Trinajstić information content (AvgIpc) is 2.87. The van der Waals surface area contributed by atoms with Gasteiger partial charge in [0.05, 0.1) is 31.1 Å². The van der Waals surface area contributed by atoms with Crippen LogP contribution in [0.2, 0.25) is 0 Å². The van der Waals surface area contributed by atoms with Crippen LogP contribution in [0.1, 0.15) is 0 Å². The lowest BCUT2D eigenvalue weighted by Crippen LogP contribution is -2.48. The van der Waals surface area contributed by atoms with Gasteiger partial charge in [-0.2, -0.15) is 0 Å². The van der Waals surface area contributed by atoms with Gasteiger partial charge in [-0.05, 0) is 24.3 Å². The van der Waals surface area contributed by atoms with Crippen LogP contribution in [0.4, 0.5) is 20.3 Å². The molecule has 0 atom stereocenters. The number of sulfonamides is 1. The first-order valence-corrected chi connectivity index (χ1v) is 12.4. The van der Waals surface area contributed by atoms with E-state index in [-0.39, 0.29) is 24.0 Å². The van der Waals surface area contributed by atoms with Gasteiger partial charge in [-0.15, -0.1) is 0 Å². The molecule has 4 heterocycles. The molecule has 4 aromatic rings. The maximum Gasteiger partial charge on any atom is 0.264 e. The molecule has 1 amide bonds. The number of pyridine rings is 2. The van der Waals surface area contributed by atoms with Crippen molar-refractivity contribution in [3.05, 3.63) is 60.7 Å². The molecule has 3 aromatic heterocycles. The summed E-state index contributed by atoms with van der Waals surface area (Å²) < 4.78 is 60.6. The number of amides is 1. The van der Waals surface area contributed by atoms with Gasteiger partial charge in [0.15, 0.2) is 0 Å². The highest BCUT2D eigenvalue weighted by Crippen LogP contribution is 2.32. The molecule has 1 aliphatic heterocycles. The van der Waals surface area contributed by atoms with Crippen LogP contribution >= 0.6 is 0 Å². The van der Waals surface area contributed by atoms with E-state index in [4.69, 9.17) is 4.74 Å². The third kappa shape index (κ3) is 4.82. The number of halogens is 2. The second kappa shape index (κ2) is 9.54. The number of anilines is 2. The van der Waals surface area contributed by atoms with Crippen LogP contribution in [0.15, 0.2) is 53.9 Å². The lowest BCUT2D eigenvalue weighted by molar-refractivity contribution is -0.120. The zero-order valence-electron chi connectivity index (χ0n) is 19.3. The number of methoxy groups -OCH3 is 1. The number of nitrogens with zero attached hydrogens (tertiary/aromatic N) is 5. The summed E-state index contributed by atoms with van der Waals surface area (Å²) in [6, 6.07) is 5.28. The summed E-state index contributed by atoms with van der Waals surface area (Å²) >= 11 is 0. The number of rotatable bonds is 6. The number of nitrogens with one attached hydrogen (secondary N) is 2. The van der Waals surface area contributed by atoms with Gasteiger partial charge in [-0.25, -0.2) is 32.2 Å². The van der Waals surface area contributed by atoms with E-state index in [2.05, 4.69) is 30.0 Å². The van der Waals surface area contributed by atoms with E-state index in [1.807, 2.05) is 4.90 Å². The fourth-order valence-corrected chi connectivity index (χ4v) is 5.00. The minimum Gasteiger partial charge on any atom is -0.480 e. The minimum absolute atomic E-state index is 0.0704. The highest BCUT2D eigenvalue weighted by Gasteiger charge is 2.23. The molecule has 190 valence electrons. The predicted octanol–water partition coefficient (Wildman–Crippen LogP) is 2.11. The van der Waals surface area contributed by atoms with Gasteiger partial charge in [0.25, 0.3) is 10.0 Å². The number of carbonyl (C=O) groups is 1. The predicted molar refractivity (Wildman–Crippen MR) is 130 cm³/mol. The van der Waals surface area contributed by atoms with Gasteiger partial charge < -0.3 is 15.0 Å². The summed E-state index contributed by atoms with van der Waals surface area (Å²) in [6.07, 6.45) is 4.35. The Bertz CT molecular complexity index is 1640. The molecule has 2 N–H and O–H groups in total. The monoisotopic (exact) mass is 527 g/mol. The van der Waals surface area contributed by atoms with Crippen molar-refractivity contribution in [3.63, 3.8) is 0 Å². The fraction of sp³-hybridized carbons (Fsp3) is 0.174. The molecule has 1 aliphatic rings. The van der Waals surface area contributed by atoms with Crippen molar-refractivity contribution in [1.29, 1.82) is 0 Å². The molecule has 0 saturated carbocycles. The maximum atomic E-state index is 14.2. The molecule has 1 aromatic carbocycles. The van der Waals surface area contributed by atoms with Crippen LogP contribution in [0.25, 0.3) is 22.2 Å². The van der Waals surface area contributed by atoms with E-state index >= 15 is 0 Å². The van der Waals surface area contributed by atoms with E-state index in [1.165, 1.54) is 31.9 Å². The second-order valence-electron chi connectivity index (χ2n) is 8.02. The van der Waals surface area contributed by atoms with Crippen molar-refractivity contribution in [3.8, 4) is 17.1 Å². The summed E-state index contributed by atoms with van der Waals surface area (Å²) in [4.78, 5) is 30.1. The van der Waals surface area contributed by atoms with Gasteiger partial charge in [-0.1, -0.05) is 0 Å². The number of piperazine rings is 1. The van der Waals surface area contributed by atoms with E-state index in [9.17, 15) is 22.0 Å². The average molecular weight is 528 g/mol. The van der Waals surface area contributed by atoms with Crippen molar-refractivity contribution >= 4 is 38.3 Å². The summed E-state index contributed by atoms with van der Waals surface area (Å²) in [5.74, 6) is -1.79. The first kappa shape index (κ1) is 24.2. The van der Waals surface area contributed by atoms with Crippen molar-refractivity contribution in [2.24, 2.45) is 0 Å². The Labute approximate surface area is 209 Å². The molecule has 0 aliphatic carbocycles.